The van der Waals surface area contributed by atoms with E-state index in [0.717, 1.165) is 16.7 Å². The molecule has 0 saturated heterocycles. The highest BCUT2D eigenvalue weighted by molar-refractivity contribution is 5.96. The Balaban J connectivity index is 1.80. The molecule has 0 bridgehead atoms. The molecule has 0 radical (unpaired) electrons. The van der Waals surface area contributed by atoms with Gasteiger partial charge in [0, 0.05) is 17.8 Å². The molecule has 1 aromatic heterocycles. The molecule has 4 nitrogen and oxygen atoms in total. The van der Waals surface area contributed by atoms with Crippen LogP contribution < -0.4 is 4.74 Å². The topological polar surface area (TPSA) is 59.4 Å². The third kappa shape index (κ3) is 3.60. The molecule has 4 heteroatoms. The Bertz CT molecular complexity index is 843. The van der Waals surface area contributed by atoms with Gasteiger partial charge >= 0.3 is 5.97 Å². The molecule has 0 aliphatic carbocycles. The van der Waals surface area contributed by atoms with Crippen molar-refractivity contribution in [3.05, 3.63) is 83.6 Å². The van der Waals surface area contributed by atoms with Crippen LogP contribution in [0.4, 0.5) is 0 Å². The largest absolute Gasteiger partial charge is 0.478 e. The van der Waals surface area contributed by atoms with Gasteiger partial charge < -0.3 is 9.84 Å². The number of nitrogens with zero attached hydrogens (tertiary/aromatic N) is 1. The number of benzene rings is 2. The minimum atomic E-state index is -0.950. The highest BCUT2D eigenvalue weighted by atomic mass is 16.5. The standard InChI is InChI=1S/C20H17NO3/c1-14-7-9-17(20(22)23)18(11-14)16-8-10-19(21-12-16)24-13-15-5-3-2-4-6-15/h2-12H,13H2,1H3,(H,22,23). The highest BCUT2D eigenvalue weighted by Crippen LogP contribution is 2.26. The molecular formula is C20H17NO3. The molecule has 0 unspecified atom stereocenters. The molecule has 3 aromatic rings. The van der Waals surface area contributed by atoms with Gasteiger partial charge in [0.25, 0.3) is 0 Å². The molecule has 1 heterocycles. The molecule has 1 N–H and O–H groups in total. The quantitative estimate of drug-likeness (QED) is 0.760. The fourth-order valence-electron chi connectivity index (χ4n) is 2.44. The molecule has 0 fully saturated rings. The second-order valence-electron chi connectivity index (χ2n) is 5.51. The molecule has 0 atom stereocenters. The van der Waals surface area contributed by atoms with Gasteiger partial charge in [-0.25, -0.2) is 9.78 Å². The Labute approximate surface area is 140 Å². The number of hydrogen-bond acceptors (Lipinski definition) is 3. The zero-order chi connectivity index (χ0) is 16.9. The normalized spacial score (nSPS) is 10.4. The second kappa shape index (κ2) is 6.96. The lowest BCUT2D eigenvalue weighted by molar-refractivity contribution is 0.0697. The molecule has 0 saturated carbocycles. The lowest BCUT2D eigenvalue weighted by atomic mass is 9.99. The lowest BCUT2D eigenvalue weighted by Crippen LogP contribution is -2.01. The number of aromatic nitrogens is 1. The molecule has 3 rings (SSSR count). The third-order valence-corrected chi connectivity index (χ3v) is 3.68. The molecule has 2 aromatic carbocycles. The monoisotopic (exact) mass is 319 g/mol. The summed E-state index contributed by atoms with van der Waals surface area (Å²) in [5.74, 6) is -0.443. The van der Waals surface area contributed by atoms with Crippen LogP contribution in [0.5, 0.6) is 5.88 Å². The summed E-state index contributed by atoms with van der Waals surface area (Å²) in [6.45, 7) is 2.37. The van der Waals surface area contributed by atoms with Crippen LogP contribution in [-0.4, -0.2) is 16.1 Å². The lowest BCUT2D eigenvalue weighted by Gasteiger charge is -2.09. The molecule has 0 aliphatic rings. The Kier molecular flexibility index (Phi) is 4.57. The maximum absolute atomic E-state index is 11.4. The molecule has 24 heavy (non-hydrogen) atoms. The zero-order valence-corrected chi connectivity index (χ0v) is 13.3. The van der Waals surface area contributed by atoms with Crippen LogP contribution in [-0.2, 0) is 6.61 Å². The second-order valence-corrected chi connectivity index (χ2v) is 5.51. The Morgan fingerprint density at radius 3 is 2.54 bits per heavy atom. The first-order chi connectivity index (χ1) is 11.6. The predicted octanol–water partition coefficient (Wildman–Crippen LogP) is 4.33. The van der Waals surface area contributed by atoms with E-state index in [0.29, 0.717) is 18.1 Å². The van der Waals surface area contributed by atoms with Crippen LogP contribution >= 0.6 is 0 Å². The van der Waals surface area contributed by atoms with E-state index in [1.807, 2.05) is 49.4 Å². The number of ether oxygens (including phenoxy) is 1. The zero-order valence-electron chi connectivity index (χ0n) is 13.3. The van der Waals surface area contributed by atoms with Gasteiger partial charge in [0.2, 0.25) is 5.88 Å². The van der Waals surface area contributed by atoms with Gasteiger partial charge in [0.05, 0.1) is 5.56 Å². The van der Waals surface area contributed by atoms with E-state index in [-0.39, 0.29) is 5.56 Å². The number of carboxylic acids is 1. The van der Waals surface area contributed by atoms with E-state index in [2.05, 4.69) is 4.98 Å². The Morgan fingerprint density at radius 1 is 1.08 bits per heavy atom. The van der Waals surface area contributed by atoms with Crippen molar-refractivity contribution in [2.75, 3.05) is 0 Å². The van der Waals surface area contributed by atoms with Crippen LogP contribution in [0, 0.1) is 6.92 Å². The predicted molar refractivity (Wildman–Crippen MR) is 92.1 cm³/mol. The molecule has 0 spiro atoms. The van der Waals surface area contributed by atoms with Crippen molar-refractivity contribution >= 4 is 5.97 Å². The SMILES string of the molecule is Cc1ccc(C(=O)O)c(-c2ccc(OCc3ccccc3)nc2)c1. The number of rotatable bonds is 5. The molecule has 0 aliphatic heterocycles. The van der Waals surface area contributed by atoms with Gasteiger partial charge in [0.1, 0.15) is 6.61 Å². The average Bonchev–Trinajstić information content (AvgIpc) is 2.61. The summed E-state index contributed by atoms with van der Waals surface area (Å²) in [5.41, 5.74) is 3.74. The van der Waals surface area contributed by atoms with Gasteiger partial charge in [-0.05, 0) is 30.2 Å². The van der Waals surface area contributed by atoms with Crippen molar-refractivity contribution in [2.45, 2.75) is 13.5 Å². The number of hydrogen-bond donors (Lipinski definition) is 1. The minimum Gasteiger partial charge on any atom is -0.478 e. The van der Waals surface area contributed by atoms with E-state index < -0.39 is 5.97 Å². The van der Waals surface area contributed by atoms with Crippen LogP contribution in [0.2, 0.25) is 0 Å². The summed E-state index contributed by atoms with van der Waals surface area (Å²) in [4.78, 5) is 15.7. The third-order valence-electron chi connectivity index (χ3n) is 3.68. The number of pyridine rings is 1. The maximum atomic E-state index is 11.4. The number of aromatic carboxylic acids is 1. The van der Waals surface area contributed by atoms with E-state index >= 15 is 0 Å². The van der Waals surface area contributed by atoms with Crippen LogP contribution in [0.25, 0.3) is 11.1 Å². The van der Waals surface area contributed by atoms with Crippen molar-refractivity contribution in [2.24, 2.45) is 0 Å². The number of carboxylic acid groups (broad SMARTS) is 1. The van der Waals surface area contributed by atoms with E-state index in [4.69, 9.17) is 4.74 Å². The summed E-state index contributed by atoms with van der Waals surface area (Å²) in [6.07, 6.45) is 1.64. The van der Waals surface area contributed by atoms with Crippen molar-refractivity contribution in [3.8, 4) is 17.0 Å². The van der Waals surface area contributed by atoms with Gasteiger partial charge in [-0.2, -0.15) is 0 Å². The number of aryl methyl sites for hydroxylation is 1. The summed E-state index contributed by atoms with van der Waals surface area (Å²) in [7, 11) is 0. The fraction of sp³-hybridized carbons (Fsp3) is 0.100. The first-order valence-electron chi connectivity index (χ1n) is 7.60. The van der Waals surface area contributed by atoms with E-state index in [1.165, 1.54) is 0 Å². The molecule has 120 valence electrons. The average molecular weight is 319 g/mol. The van der Waals surface area contributed by atoms with Crippen molar-refractivity contribution in [3.63, 3.8) is 0 Å². The van der Waals surface area contributed by atoms with Crippen molar-refractivity contribution in [1.82, 2.24) is 4.98 Å². The number of carbonyl (C=O) groups is 1. The first-order valence-corrected chi connectivity index (χ1v) is 7.60. The van der Waals surface area contributed by atoms with Gasteiger partial charge in [-0.1, -0.05) is 48.0 Å². The Hall–Kier alpha value is -3.14. The summed E-state index contributed by atoms with van der Waals surface area (Å²) in [5, 5.41) is 9.34. The van der Waals surface area contributed by atoms with Crippen molar-refractivity contribution in [1.29, 1.82) is 0 Å². The first kappa shape index (κ1) is 15.7. The van der Waals surface area contributed by atoms with Crippen LogP contribution in [0.3, 0.4) is 0 Å². The van der Waals surface area contributed by atoms with Crippen LogP contribution in [0.15, 0.2) is 66.9 Å². The van der Waals surface area contributed by atoms with Gasteiger partial charge in [-0.3, -0.25) is 0 Å². The smallest absolute Gasteiger partial charge is 0.336 e. The van der Waals surface area contributed by atoms with Crippen molar-refractivity contribution < 1.29 is 14.6 Å². The highest BCUT2D eigenvalue weighted by Gasteiger charge is 2.12. The Morgan fingerprint density at radius 2 is 1.88 bits per heavy atom. The maximum Gasteiger partial charge on any atom is 0.336 e. The van der Waals surface area contributed by atoms with E-state index in [9.17, 15) is 9.90 Å². The molecular weight excluding hydrogens is 302 g/mol. The van der Waals surface area contributed by atoms with E-state index in [1.54, 1.807) is 24.4 Å². The van der Waals surface area contributed by atoms with Gasteiger partial charge in [-0.15, -0.1) is 0 Å². The molecule has 0 amide bonds. The fourth-order valence-corrected chi connectivity index (χ4v) is 2.44. The van der Waals surface area contributed by atoms with Gasteiger partial charge in [0.15, 0.2) is 0 Å². The summed E-state index contributed by atoms with van der Waals surface area (Å²) in [6, 6.07) is 18.7. The summed E-state index contributed by atoms with van der Waals surface area (Å²) < 4.78 is 5.66. The van der Waals surface area contributed by atoms with Crippen LogP contribution in [0.1, 0.15) is 21.5 Å². The summed E-state index contributed by atoms with van der Waals surface area (Å²) >= 11 is 0. The minimum absolute atomic E-state index is 0.264.